The zero-order chi connectivity index (χ0) is 8.69. The third kappa shape index (κ3) is 6.19. The van der Waals surface area contributed by atoms with Gasteiger partial charge in [-0.15, -0.1) is 11.8 Å². The van der Waals surface area contributed by atoms with Crippen molar-refractivity contribution >= 4 is 17.7 Å². The van der Waals surface area contributed by atoms with Crippen LogP contribution in [-0.4, -0.2) is 24.2 Å². The average Bonchev–Trinajstić information content (AvgIpc) is 2.04. The van der Waals surface area contributed by atoms with Gasteiger partial charge in [0.05, 0.1) is 18.9 Å². The number of hydrogen-bond donors (Lipinski definition) is 1. The van der Waals surface area contributed by atoms with Crippen molar-refractivity contribution in [2.75, 3.05) is 12.9 Å². The summed E-state index contributed by atoms with van der Waals surface area (Å²) in [5.74, 6) is 0.586. The molecule has 0 amide bonds. The van der Waals surface area contributed by atoms with Crippen molar-refractivity contribution in [3.05, 3.63) is 0 Å². The Balaban J connectivity index is 3.20. The Morgan fingerprint density at radius 3 is 2.82 bits per heavy atom. The maximum Gasteiger partial charge on any atom is 0.306 e. The number of nitrogens with two attached hydrogens (primary N) is 1. The van der Waals surface area contributed by atoms with Crippen LogP contribution in [0.25, 0.3) is 0 Å². The Kier molecular flexibility index (Phi) is 6.36. The van der Waals surface area contributed by atoms with Crippen molar-refractivity contribution in [3.63, 3.8) is 0 Å². The van der Waals surface area contributed by atoms with E-state index in [1.807, 2.05) is 6.92 Å². The number of carbonyl (C=O) groups excluding carboxylic acids is 1. The van der Waals surface area contributed by atoms with E-state index in [4.69, 9.17) is 5.73 Å². The van der Waals surface area contributed by atoms with Crippen LogP contribution in [0, 0.1) is 0 Å². The van der Waals surface area contributed by atoms with Gasteiger partial charge < -0.3 is 10.5 Å². The molecule has 0 aromatic heterocycles. The van der Waals surface area contributed by atoms with Gasteiger partial charge in [-0.1, -0.05) is 6.92 Å². The molecule has 0 rings (SSSR count). The van der Waals surface area contributed by atoms with Gasteiger partial charge in [-0.3, -0.25) is 4.79 Å². The first-order valence-corrected chi connectivity index (χ1v) is 4.69. The fraction of sp³-hybridized carbons (Fsp3) is 0.857. The predicted molar refractivity (Wildman–Crippen MR) is 47.4 cm³/mol. The molecule has 0 spiro atoms. The molecule has 1 atom stereocenters. The minimum atomic E-state index is -0.166. The molecular formula is C7H15NO2S. The van der Waals surface area contributed by atoms with Crippen LogP contribution in [0.1, 0.15) is 19.8 Å². The standard InChI is InChI=1S/C7H15NO2S/c1-3-6(8)11-5-4-7(9)10-2/h6H,3-5,8H2,1-2H3. The number of esters is 1. The summed E-state index contributed by atoms with van der Waals surface area (Å²) in [5, 5.41) is 0.152. The highest BCUT2D eigenvalue weighted by atomic mass is 32.2. The zero-order valence-electron chi connectivity index (χ0n) is 7.00. The van der Waals surface area contributed by atoms with Crippen LogP contribution in [-0.2, 0) is 9.53 Å². The normalized spacial score (nSPS) is 12.6. The first-order chi connectivity index (χ1) is 5.20. The van der Waals surface area contributed by atoms with E-state index < -0.39 is 0 Å². The lowest BCUT2D eigenvalue weighted by Gasteiger charge is -2.06. The summed E-state index contributed by atoms with van der Waals surface area (Å²) >= 11 is 1.60. The monoisotopic (exact) mass is 177 g/mol. The third-order valence-corrected chi connectivity index (χ3v) is 2.47. The van der Waals surface area contributed by atoms with Gasteiger partial charge in [0.2, 0.25) is 0 Å². The zero-order valence-corrected chi connectivity index (χ0v) is 7.82. The quantitative estimate of drug-likeness (QED) is 0.502. The van der Waals surface area contributed by atoms with Gasteiger partial charge in [0.25, 0.3) is 0 Å². The summed E-state index contributed by atoms with van der Waals surface area (Å²) in [5.41, 5.74) is 5.61. The van der Waals surface area contributed by atoms with Gasteiger partial charge in [-0.05, 0) is 6.42 Å². The largest absolute Gasteiger partial charge is 0.469 e. The van der Waals surface area contributed by atoms with Crippen LogP contribution in [0.3, 0.4) is 0 Å². The van der Waals surface area contributed by atoms with E-state index in [1.54, 1.807) is 11.8 Å². The van der Waals surface area contributed by atoms with Crippen LogP contribution in [0.2, 0.25) is 0 Å². The number of carbonyl (C=O) groups is 1. The van der Waals surface area contributed by atoms with Crippen LogP contribution in [0.4, 0.5) is 0 Å². The van der Waals surface area contributed by atoms with Crippen molar-refractivity contribution in [2.24, 2.45) is 5.73 Å². The Morgan fingerprint density at radius 1 is 1.73 bits per heavy atom. The van der Waals surface area contributed by atoms with E-state index in [9.17, 15) is 4.79 Å². The molecule has 0 saturated heterocycles. The van der Waals surface area contributed by atoms with Crippen LogP contribution in [0.15, 0.2) is 0 Å². The van der Waals surface area contributed by atoms with Gasteiger partial charge in [0.15, 0.2) is 0 Å². The molecule has 3 nitrogen and oxygen atoms in total. The van der Waals surface area contributed by atoms with Crippen LogP contribution in [0.5, 0.6) is 0 Å². The highest BCUT2D eigenvalue weighted by Crippen LogP contribution is 2.09. The number of ether oxygens (including phenoxy) is 1. The highest BCUT2D eigenvalue weighted by Gasteiger charge is 2.02. The summed E-state index contributed by atoms with van der Waals surface area (Å²) in [6.07, 6.45) is 1.39. The van der Waals surface area contributed by atoms with Gasteiger partial charge in [-0.25, -0.2) is 0 Å². The van der Waals surface area contributed by atoms with E-state index in [-0.39, 0.29) is 11.3 Å². The van der Waals surface area contributed by atoms with Gasteiger partial charge in [-0.2, -0.15) is 0 Å². The van der Waals surface area contributed by atoms with Crippen molar-refractivity contribution < 1.29 is 9.53 Å². The Labute approximate surface area is 71.7 Å². The summed E-state index contributed by atoms with van der Waals surface area (Å²) in [6, 6.07) is 0. The average molecular weight is 177 g/mol. The maximum atomic E-state index is 10.6. The first kappa shape index (κ1) is 10.8. The Morgan fingerprint density at radius 2 is 2.36 bits per heavy atom. The minimum absolute atomic E-state index is 0.152. The fourth-order valence-corrected chi connectivity index (χ4v) is 1.34. The molecule has 11 heavy (non-hydrogen) atoms. The van der Waals surface area contributed by atoms with Crippen LogP contribution >= 0.6 is 11.8 Å². The smallest absolute Gasteiger partial charge is 0.306 e. The lowest BCUT2D eigenvalue weighted by Crippen LogP contribution is -2.15. The molecule has 0 aliphatic heterocycles. The molecule has 0 radical (unpaired) electrons. The molecule has 1 unspecified atom stereocenters. The lowest BCUT2D eigenvalue weighted by molar-refractivity contribution is -0.140. The fourth-order valence-electron chi connectivity index (χ4n) is 0.514. The topological polar surface area (TPSA) is 52.3 Å². The molecule has 0 bridgehead atoms. The molecule has 0 heterocycles. The molecule has 0 aromatic rings. The molecule has 0 aliphatic carbocycles. The summed E-state index contributed by atoms with van der Waals surface area (Å²) in [7, 11) is 1.40. The van der Waals surface area contributed by atoms with E-state index in [1.165, 1.54) is 7.11 Å². The predicted octanol–water partition coefficient (Wildman–Crippen LogP) is 0.977. The second-order valence-electron chi connectivity index (χ2n) is 2.14. The maximum absolute atomic E-state index is 10.6. The number of thioether (sulfide) groups is 1. The molecule has 2 N–H and O–H groups in total. The number of rotatable bonds is 5. The van der Waals surface area contributed by atoms with Crippen molar-refractivity contribution in [1.29, 1.82) is 0 Å². The van der Waals surface area contributed by atoms with E-state index in [0.29, 0.717) is 6.42 Å². The molecule has 0 aliphatic rings. The molecule has 0 aromatic carbocycles. The van der Waals surface area contributed by atoms with E-state index in [0.717, 1.165) is 12.2 Å². The Bertz CT molecular complexity index is 119. The summed E-state index contributed by atoms with van der Waals surface area (Å²) in [4.78, 5) is 10.6. The molecule has 0 fully saturated rings. The number of hydrogen-bond acceptors (Lipinski definition) is 4. The molecule has 66 valence electrons. The summed E-state index contributed by atoms with van der Waals surface area (Å²) in [6.45, 7) is 2.02. The summed E-state index contributed by atoms with van der Waals surface area (Å²) < 4.78 is 4.47. The Hall–Kier alpha value is -0.220. The lowest BCUT2D eigenvalue weighted by atomic mass is 10.5. The van der Waals surface area contributed by atoms with E-state index >= 15 is 0 Å². The van der Waals surface area contributed by atoms with Crippen molar-refractivity contribution in [3.8, 4) is 0 Å². The molecular weight excluding hydrogens is 162 g/mol. The minimum Gasteiger partial charge on any atom is -0.469 e. The van der Waals surface area contributed by atoms with Gasteiger partial charge in [0, 0.05) is 5.75 Å². The molecule has 4 heteroatoms. The van der Waals surface area contributed by atoms with Gasteiger partial charge >= 0.3 is 5.97 Å². The van der Waals surface area contributed by atoms with E-state index in [2.05, 4.69) is 4.74 Å². The van der Waals surface area contributed by atoms with Crippen molar-refractivity contribution in [1.82, 2.24) is 0 Å². The first-order valence-electron chi connectivity index (χ1n) is 3.64. The third-order valence-electron chi connectivity index (χ3n) is 1.27. The van der Waals surface area contributed by atoms with Gasteiger partial charge in [0.1, 0.15) is 0 Å². The van der Waals surface area contributed by atoms with Crippen molar-refractivity contribution in [2.45, 2.75) is 25.1 Å². The number of methoxy groups -OCH3 is 1. The highest BCUT2D eigenvalue weighted by molar-refractivity contribution is 7.99. The second kappa shape index (κ2) is 6.49. The van der Waals surface area contributed by atoms with Crippen LogP contribution < -0.4 is 5.73 Å². The molecule has 0 saturated carbocycles. The second-order valence-corrected chi connectivity index (χ2v) is 3.49. The SMILES string of the molecule is CCC(N)SCCC(=O)OC.